The second kappa shape index (κ2) is 9.17. The molecule has 6 nitrogen and oxygen atoms in total. The summed E-state index contributed by atoms with van der Waals surface area (Å²) in [4.78, 5) is 12.4. The van der Waals surface area contributed by atoms with Gasteiger partial charge in [0.1, 0.15) is 0 Å². The molecule has 1 saturated heterocycles. The average Bonchev–Trinajstić information content (AvgIpc) is 3.26. The molecule has 3 rings (SSSR count). The van der Waals surface area contributed by atoms with Crippen molar-refractivity contribution in [3.63, 3.8) is 0 Å². The molecule has 2 aliphatic rings. The highest BCUT2D eigenvalue weighted by Crippen LogP contribution is 2.26. The average molecular weight is 402 g/mol. The van der Waals surface area contributed by atoms with Gasteiger partial charge in [-0.1, -0.05) is 18.6 Å². The summed E-state index contributed by atoms with van der Waals surface area (Å²) in [5.41, 5.74) is 6.90. The van der Waals surface area contributed by atoms with Gasteiger partial charge in [-0.2, -0.15) is 4.31 Å². The van der Waals surface area contributed by atoms with Gasteiger partial charge in [-0.15, -0.1) is 12.4 Å². The number of nitrogens with zero attached hydrogens (tertiary/aromatic N) is 1. The normalized spacial score (nSPS) is 23.6. The van der Waals surface area contributed by atoms with Gasteiger partial charge in [0.25, 0.3) is 0 Å². The number of amides is 1. The van der Waals surface area contributed by atoms with Gasteiger partial charge < -0.3 is 11.1 Å². The first-order valence-corrected chi connectivity index (χ1v) is 10.5. The highest BCUT2D eigenvalue weighted by atomic mass is 35.5. The largest absolute Gasteiger partial charge is 0.352 e. The minimum absolute atomic E-state index is 0. The number of carbonyl (C=O) groups is 1. The molecule has 1 aliphatic heterocycles. The highest BCUT2D eigenvalue weighted by molar-refractivity contribution is 7.89. The quantitative estimate of drug-likeness (QED) is 0.762. The highest BCUT2D eigenvalue weighted by Gasteiger charge is 2.27. The zero-order chi connectivity index (χ0) is 17.9. The van der Waals surface area contributed by atoms with Crippen LogP contribution >= 0.6 is 12.4 Å². The number of hydrogen-bond acceptors (Lipinski definition) is 4. The van der Waals surface area contributed by atoms with E-state index in [2.05, 4.69) is 5.32 Å². The molecule has 26 heavy (non-hydrogen) atoms. The van der Waals surface area contributed by atoms with Crippen LogP contribution in [0, 0.1) is 5.92 Å². The Bertz CT molecular complexity index is 703. The van der Waals surface area contributed by atoms with E-state index in [9.17, 15) is 13.2 Å². The summed E-state index contributed by atoms with van der Waals surface area (Å²) in [6.45, 7) is 1.61. The minimum Gasteiger partial charge on any atom is -0.352 e. The van der Waals surface area contributed by atoms with Crippen LogP contribution in [0.3, 0.4) is 0 Å². The second-order valence-corrected chi connectivity index (χ2v) is 9.03. The predicted octanol–water partition coefficient (Wildman–Crippen LogP) is 2.03. The van der Waals surface area contributed by atoms with E-state index >= 15 is 0 Å². The van der Waals surface area contributed by atoms with Crippen LogP contribution < -0.4 is 11.1 Å². The summed E-state index contributed by atoms with van der Waals surface area (Å²) in [6.07, 6.45) is 5.46. The Morgan fingerprint density at radius 3 is 2.35 bits per heavy atom. The van der Waals surface area contributed by atoms with Crippen molar-refractivity contribution >= 4 is 28.3 Å². The van der Waals surface area contributed by atoms with Crippen LogP contribution in [0.4, 0.5) is 0 Å². The predicted molar refractivity (Wildman–Crippen MR) is 103 cm³/mol. The molecule has 0 aromatic heterocycles. The summed E-state index contributed by atoms with van der Waals surface area (Å²) >= 11 is 0. The number of hydrogen-bond donors (Lipinski definition) is 2. The van der Waals surface area contributed by atoms with Crippen molar-refractivity contribution < 1.29 is 13.2 Å². The summed E-state index contributed by atoms with van der Waals surface area (Å²) < 4.78 is 26.5. The Labute approximate surface area is 162 Å². The topological polar surface area (TPSA) is 92.5 Å². The molecule has 1 aromatic rings. The van der Waals surface area contributed by atoms with E-state index in [0.717, 1.165) is 37.7 Å². The summed E-state index contributed by atoms with van der Waals surface area (Å²) in [6, 6.07) is 6.93. The molecule has 0 radical (unpaired) electrons. The molecule has 146 valence electrons. The molecule has 3 N–H and O–H groups in total. The maximum Gasteiger partial charge on any atom is 0.243 e. The van der Waals surface area contributed by atoms with Crippen LogP contribution in [0.1, 0.15) is 44.1 Å². The van der Waals surface area contributed by atoms with Crippen LogP contribution in [0.2, 0.25) is 0 Å². The van der Waals surface area contributed by atoms with E-state index < -0.39 is 10.0 Å². The molecule has 0 unspecified atom stereocenters. The van der Waals surface area contributed by atoms with Gasteiger partial charge in [-0.05, 0) is 49.3 Å². The van der Waals surface area contributed by atoms with Gasteiger partial charge in [-0.25, -0.2) is 8.42 Å². The third-order valence-corrected chi connectivity index (χ3v) is 7.19. The summed E-state index contributed by atoms with van der Waals surface area (Å²) in [5, 5.41) is 2.91. The molecule has 1 aromatic carbocycles. The summed E-state index contributed by atoms with van der Waals surface area (Å²) in [7, 11) is -3.38. The molecule has 1 aliphatic carbocycles. The van der Waals surface area contributed by atoms with E-state index in [1.807, 2.05) is 0 Å². The third-order valence-electron chi connectivity index (χ3n) is 5.28. The fraction of sp³-hybridized carbons (Fsp3) is 0.611. The Balaban J connectivity index is 0.00000243. The van der Waals surface area contributed by atoms with Crippen LogP contribution in [0.5, 0.6) is 0 Å². The molecule has 1 heterocycles. The third kappa shape index (κ3) is 4.97. The number of sulfonamides is 1. The first-order valence-electron chi connectivity index (χ1n) is 9.08. The lowest BCUT2D eigenvalue weighted by Gasteiger charge is -2.16. The fourth-order valence-corrected chi connectivity index (χ4v) is 5.20. The van der Waals surface area contributed by atoms with Gasteiger partial charge in [0.05, 0.1) is 4.90 Å². The van der Waals surface area contributed by atoms with Crippen molar-refractivity contribution in [1.82, 2.24) is 9.62 Å². The molecule has 2 atom stereocenters. The lowest BCUT2D eigenvalue weighted by atomic mass is 10.00. The fourth-order valence-electron chi connectivity index (χ4n) is 3.69. The molecule has 1 saturated carbocycles. The zero-order valence-electron chi connectivity index (χ0n) is 14.9. The van der Waals surface area contributed by atoms with Crippen molar-refractivity contribution in [2.75, 3.05) is 13.1 Å². The maximum atomic E-state index is 12.5. The van der Waals surface area contributed by atoms with E-state index in [4.69, 9.17) is 5.73 Å². The van der Waals surface area contributed by atoms with Crippen LogP contribution in [-0.4, -0.2) is 37.8 Å². The number of nitrogens with one attached hydrogen (secondary N) is 1. The number of carbonyl (C=O) groups excluding carboxylic acids is 1. The first kappa shape index (κ1) is 21.2. The van der Waals surface area contributed by atoms with Crippen molar-refractivity contribution in [2.45, 2.75) is 56.0 Å². The molecule has 2 fully saturated rings. The van der Waals surface area contributed by atoms with Crippen molar-refractivity contribution in [3.05, 3.63) is 29.8 Å². The van der Waals surface area contributed by atoms with Crippen molar-refractivity contribution in [3.8, 4) is 0 Å². The van der Waals surface area contributed by atoms with Gasteiger partial charge in [0.15, 0.2) is 0 Å². The summed E-state index contributed by atoms with van der Waals surface area (Å²) in [5.74, 6) is 0.295. The van der Waals surface area contributed by atoms with Crippen LogP contribution in [-0.2, 0) is 21.4 Å². The van der Waals surface area contributed by atoms with E-state index in [1.54, 1.807) is 24.3 Å². The molecular weight excluding hydrogens is 374 g/mol. The smallest absolute Gasteiger partial charge is 0.243 e. The Morgan fingerprint density at radius 1 is 1.12 bits per heavy atom. The lowest BCUT2D eigenvalue weighted by molar-refractivity contribution is -0.122. The van der Waals surface area contributed by atoms with Gasteiger partial charge in [0.2, 0.25) is 15.9 Å². The van der Waals surface area contributed by atoms with Gasteiger partial charge >= 0.3 is 0 Å². The number of halogens is 1. The molecule has 8 heteroatoms. The number of nitrogens with two attached hydrogens (primary N) is 1. The maximum absolute atomic E-state index is 12.5. The van der Waals surface area contributed by atoms with Crippen LogP contribution in [0.25, 0.3) is 0 Å². The SMILES string of the molecule is Cl.N[C@@H]1CCC[C@H]1CC(=O)NCc1ccc(S(=O)(=O)N2CCCC2)cc1. The van der Waals surface area contributed by atoms with E-state index in [-0.39, 0.29) is 30.3 Å². The van der Waals surface area contributed by atoms with Gasteiger partial charge in [-0.3, -0.25) is 4.79 Å². The van der Waals surface area contributed by atoms with E-state index in [1.165, 1.54) is 4.31 Å². The van der Waals surface area contributed by atoms with Gasteiger partial charge in [0, 0.05) is 32.1 Å². The molecule has 0 spiro atoms. The van der Waals surface area contributed by atoms with Crippen molar-refractivity contribution in [1.29, 1.82) is 0 Å². The van der Waals surface area contributed by atoms with E-state index in [0.29, 0.717) is 31.0 Å². The van der Waals surface area contributed by atoms with Crippen molar-refractivity contribution in [2.24, 2.45) is 11.7 Å². The monoisotopic (exact) mass is 401 g/mol. The minimum atomic E-state index is -3.38. The molecule has 1 amide bonds. The Kier molecular flexibility index (Phi) is 7.46. The zero-order valence-corrected chi connectivity index (χ0v) is 16.5. The second-order valence-electron chi connectivity index (χ2n) is 7.09. The standard InChI is InChI=1S/C18H27N3O3S.ClH/c19-17-5-3-4-15(17)12-18(22)20-13-14-6-8-16(9-7-14)25(23,24)21-10-1-2-11-21;/h6-9,15,17H,1-5,10-13,19H2,(H,20,22);1H/t15-,17+;/m0./s1. The van der Waals surface area contributed by atoms with Crippen LogP contribution in [0.15, 0.2) is 29.2 Å². The molecule has 0 bridgehead atoms. The lowest BCUT2D eigenvalue weighted by Crippen LogP contribution is -2.31. The number of rotatable bonds is 6. The Hall–Kier alpha value is -1.15. The number of benzene rings is 1. The molecular formula is C18H28ClN3O3S. The first-order chi connectivity index (χ1) is 12.0. The Morgan fingerprint density at radius 2 is 1.77 bits per heavy atom.